The van der Waals surface area contributed by atoms with E-state index in [1.54, 1.807) is 17.0 Å². The Morgan fingerprint density at radius 1 is 1.17 bits per heavy atom. The number of H-pyrrole nitrogens is 1. The zero-order chi connectivity index (χ0) is 12.5. The van der Waals surface area contributed by atoms with Crippen LogP contribution in [0.15, 0.2) is 47.5 Å². The molecule has 5 heteroatoms. The third-order valence-electron chi connectivity index (χ3n) is 3.02. The topological polar surface area (TPSA) is 63.6 Å². The fourth-order valence-corrected chi connectivity index (χ4v) is 2.09. The van der Waals surface area contributed by atoms with E-state index >= 15 is 0 Å². The first-order valence-electron chi connectivity index (χ1n) is 5.73. The predicted octanol–water partition coefficient (Wildman–Crippen LogP) is 1.73. The third kappa shape index (κ3) is 1.60. The molecule has 0 amide bonds. The van der Waals surface area contributed by atoms with Crippen molar-refractivity contribution in [3.8, 4) is 0 Å². The number of aromatic amines is 1. The molecule has 2 aromatic heterocycles. The van der Waals surface area contributed by atoms with E-state index in [9.17, 15) is 4.79 Å². The molecular weight excluding hydrogens is 228 g/mol. The van der Waals surface area contributed by atoms with E-state index in [0.717, 1.165) is 5.56 Å². The molecule has 1 aromatic carbocycles. The zero-order valence-electron chi connectivity index (χ0n) is 9.87. The first kappa shape index (κ1) is 10.7. The Morgan fingerprint density at radius 2 is 1.89 bits per heavy atom. The molecule has 0 saturated carbocycles. The number of hydrogen-bond donors (Lipinski definition) is 1. The van der Waals surface area contributed by atoms with Gasteiger partial charge < -0.3 is 0 Å². The van der Waals surface area contributed by atoms with Gasteiger partial charge in [0.25, 0.3) is 0 Å². The van der Waals surface area contributed by atoms with Crippen molar-refractivity contribution < 1.29 is 0 Å². The standard InChI is InChI=1S/C13H12N4O/c1-9(10-5-3-2-4-6-10)17-12-11(16-13(17)18)14-7-8-15-12/h2-9H,1H3,(H,14,16,18). The van der Waals surface area contributed by atoms with Crippen molar-refractivity contribution in [1.29, 1.82) is 0 Å². The zero-order valence-corrected chi connectivity index (χ0v) is 9.87. The maximum absolute atomic E-state index is 12.0. The second kappa shape index (κ2) is 4.10. The summed E-state index contributed by atoms with van der Waals surface area (Å²) < 4.78 is 1.62. The van der Waals surface area contributed by atoms with Gasteiger partial charge in [-0.05, 0) is 12.5 Å². The minimum absolute atomic E-state index is 0.0795. The second-order valence-electron chi connectivity index (χ2n) is 4.12. The number of fused-ring (bicyclic) bond motifs is 1. The highest BCUT2D eigenvalue weighted by molar-refractivity contribution is 5.65. The van der Waals surface area contributed by atoms with Crippen LogP contribution in [-0.2, 0) is 0 Å². The predicted molar refractivity (Wildman–Crippen MR) is 68.4 cm³/mol. The molecular formula is C13H12N4O. The Balaban J connectivity index is 2.20. The van der Waals surface area contributed by atoms with Gasteiger partial charge in [-0.3, -0.25) is 9.55 Å². The summed E-state index contributed by atoms with van der Waals surface area (Å²) in [6.07, 6.45) is 3.15. The summed E-state index contributed by atoms with van der Waals surface area (Å²) in [6, 6.07) is 9.77. The van der Waals surface area contributed by atoms with Gasteiger partial charge in [-0.15, -0.1) is 0 Å². The molecule has 90 valence electrons. The van der Waals surface area contributed by atoms with Crippen molar-refractivity contribution in [3.63, 3.8) is 0 Å². The smallest absolute Gasteiger partial charge is 0.289 e. The average Bonchev–Trinajstić information content (AvgIpc) is 2.75. The quantitative estimate of drug-likeness (QED) is 0.742. The van der Waals surface area contributed by atoms with Crippen molar-refractivity contribution in [1.82, 2.24) is 19.5 Å². The van der Waals surface area contributed by atoms with E-state index in [1.165, 1.54) is 0 Å². The van der Waals surface area contributed by atoms with E-state index in [-0.39, 0.29) is 11.7 Å². The number of nitrogens with one attached hydrogen (secondary N) is 1. The second-order valence-corrected chi connectivity index (χ2v) is 4.12. The van der Waals surface area contributed by atoms with Gasteiger partial charge in [-0.25, -0.2) is 14.8 Å². The summed E-state index contributed by atoms with van der Waals surface area (Å²) in [5.41, 5.74) is 1.97. The molecule has 0 spiro atoms. The molecule has 18 heavy (non-hydrogen) atoms. The van der Waals surface area contributed by atoms with Gasteiger partial charge in [0.05, 0.1) is 6.04 Å². The fraction of sp³-hybridized carbons (Fsp3) is 0.154. The summed E-state index contributed by atoms with van der Waals surface area (Å²) in [6.45, 7) is 1.97. The molecule has 0 saturated heterocycles. The minimum atomic E-state index is -0.187. The van der Waals surface area contributed by atoms with E-state index in [2.05, 4.69) is 15.0 Å². The molecule has 0 fully saturated rings. The summed E-state index contributed by atoms with van der Waals surface area (Å²) in [5, 5.41) is 0. The van der Waals surface area contributed by atoms with E-state index in [0.29, 0.717) is 11.3 Å². The molecule has 0 aliphatic heterocycles. The Bertz CT molecular complexity index is 729. The molecule has 2 heterocycles. The van der Waals surface area contributed by atoms with Gasteiger partial charge in [-0.2, -0.15) is 0 Å². The number of hydrogen-bond acceptors (Lipinski definition) is 3. The first-order valence-corrected chi connectivity index (χ1v) is 5.73. The van der Waals surface area contributed by atoms with Gasteiger partial charge >= 0.3 is 5.69 Å². The van der Waals surface area contributed by atoms with Gasteiger partial charge in [0.2, 0.25) is 0 Å². The number of rotatable bonds is 2. The maximum Gasteiger partial charge on any atom is 0.329 e. The first-order chi connectivity index (χ1) is 8.77. The largest absolute Gasteiger partial charge is 0.329 e. The molecule has 1 atom stereocenters. The van der Waals surface area contributed by atoms with Crippen LogP contribution in [0.4, 0.5) is 0 Å². The van der Waals surface area contributed by atoms with Gasteiger partial charge in [-0.1, -0.05) is 30.3 Å². The van der Waals surface area contributed by atoms with Crippen molar-refractivity contribution >= 4 is 11.3 Å². The highest BCUT2D eigenvalue weighted by Gasteiger charge is 2.15. The lowest BCUT2D eigenvalue weighted by Crippen LogP contribution is -2.21. The molecule has 3 aromatic rings. The number of aromatic nitrogens is 4. The molecule has 0 aliphatic rings. The molecule has 5 nitrogen and oxygen atoms in total. The lowest BCUT2D eigenvalue weighted by Gasteiger charge is -2.12. The molecule has 1 unspecified atom stereocenters. The van der Waals surface area contributed by atoms with Crippen LogP contribution < -0.4 is 5.69 Å². The van der Waals surface area contributed by atoms with Crippen LogP contribution in [0.25, 0.3) is 11.3 Å². The summed E-state index contributed by atoms with van der Waals surface area (Å²) in [5.74, 6) is 0. The highest BCUT2D eigenvalue weighted by atomic mass is 16.1. The lowest BCUT2D eigenvalue weighted by atomic mass is 10.1. The van der Waals surface area contributed by atoms with Crippen LogP contribution in [0.5, 0.6) is 0 Å². The van der Waals surface area contributed by atoms with E-state index < -0.39 is 0 Å². The van der Waals surface area contributed by atoms with Gasteiger partial charge in [0.1, 0.15) is 0 Å². The molecule has 3 rings (SSSR count). The minimum Gasteiger partial charge on any atom is -0.289 e. The van der Waals surface area contributed by atoms with E-state index in [1.807, 2.05) is 37.3 Å². The van der Waals surface area contributed by atoms with Crippen LogP contribution in [0, 0.1) is 0 Å². The highest BCUT2D eigenvalue weighted by Crippen LogP contribution is 2.18. The van der Waals surface area contributed by atoms with Crippen LogP contribution in [0.2, 0.25) is 0 Å². The lowest BCUT2D eigenvalue weighted by molar-refractivity contribution is 0.630. The SMILES string of the molecule is CC(c1ccccc1)n1c(=O)[nH]c2nccnc21. The van der Waals surface area contributed by atoms with Crippen LogP contribution in [0.3, 0.4) is 0 Å². The number of benzene rings is 1. The fourth-order valence-electron chi connectivity index (χ4n) is 2.09. The van der Waals surface area contributed by atoms with Crippen LogP contribution in [0.1, 0.15) is 18.5 Å². The monoisotopic (exact) mass is 240 g/mol. The van der Waals surface area contributed by atoms with Crippen molar-refractivity contribution in [3.05, 3.63) is 58.8 Å². The van der Waals surface area contributed by atoms with Crippen molar-refractivity contribution in [2.45, 2.75) is 13.0 Å². The van der Waals surface area contributed by atoms with Crippen LogP contribution >= 0.6 is 0 Å². The summed E-state index contributed by atoms with van der Waals surface area (Å²) >= 11 is 0. The Kier molecular flexibility index (Phi) is 2.44. The molecule has 0 bridgehead atoms. The summed E-state index contributed by atoms with van der Waals surface area (Å²) in [4.78, 5) is 23.0. The molecule has 0 aliphatic carbocycles. The summed E-state index contributed by atoms with van der Waals surface area (Å²) in [7, 11) is 0. The van der Waals surface area contributed by atoms with Gasteiger partial charge in [0, 0.05) is 12.4 Å². The normalized spacial score (nSPS) is 12.7. The third-order valence-corrected chi connectivity index (χ3v) is 3.02. The van der Waals surface area contributed by atoms with Crippen molar-refractivity contribution in [2.75, 3.05) is 0 Å². The van der Waals surface area contributed by atoms with Crippen molar-refractivity contribution in [2.24, 2.45) is 0 Å². The van der Waals surface area contributed by atoms with Gasteiger partial charge in [0.15, 0.2) is 11.3 Å². The Labute approximate surface area is 103 Å². The number of imidazole rings is 1. The maximum atomic E-state index is 12.0. The van der Waals surface area contributed by atoms with E-state index in [4.69, 9.17) is 0 Å². The Morgan fingerprint density at radius 3 is 2.67 bits per heavy atom. The molecule has 0 radical (unpaired) electrons. The Hall–Kier alpha value is -2.43. The molecule has 1 N–H and O–H groups in total. The average molecular weight is 240 g/mol. The van der Waals surface area contributed by atoms with Crippen LogP contribution in [-0.4, -0.2) is 19.5 Å². The number of nitrogens with zero attached hydrogens (tertiary/aromatic N) is 3.